The lowest BCUT2D eigenvalue weighted by molar-refractivity contribution is 0.0445. The van der Waals surface area contributed by atoms with Crippen LogP contribution in [0.5, 0.6) is 11.5 Å². The van der Waals surface area contributed by atoms with E-state index in [9.17, 15) is 9.59 Å². The predicted octanol–water partition coefficient (Wildman–Crippen LogP) is 4.27. The molecule has 6 nitrogen and oxygen atoms in total. The van der Waals surface area contributed by atoms with Crippen LogP contribution in [0.3, 0.4) is 0 Å². The van der Waals surface area contributed by atoms with E-state index in [1.165, 1.54) is 0 Å². The molecule has 132 valence electrons. The molecule has 1 aromatic heterocycles. The Labute approximate surface area is 156 Å². The summed E-state index contributed by atoms with van der Waals surface area (Å²) < 4.78 is 22.0. The number of halogens is 1. The molecule has 0 spiro atoms. The molecule has 7 heteroatoms. The number of Topliss-reactive ketones (excluding diaryl/α,β-unsaturated/α-hetero) is 1. The molecular weight excluding hydrogens is 404 g/mol. The average Bonchev–Trinajstić information content (AvgIpc) is 3.23. The minimum atomic E-state index is -0.677. The lowest BCUT2D eigenvalue weighted by Gasteiger charge is -2.04. The molecule has 0 fully saturated rings. The highest BCUT2D eigenvalue weighted by atomic mass is 79.9. The van der Waals surface area contributed by atoms with E-state index < -0.39 is 12.6 Å². The highest BCUT2D eigenvalue weighted by Gasteiger charge is 2.21. The molecule has 0 atom stereocenters. The van der Waals surface area contributed by atoms with Gasteiger partial charge in [0.1, 0.15) is 5.58 Å². The van der Waals surface area contributed by atoms with Gasteiger partial charge in [0.25, 0.3) is 0 Å². The lowest BCUT2D eigenvalue weighted by Crippen LogP contribution is -2.14. The highest BCUT2D eigenvalue weighted by molar-refractivity contribution is 9.10. The molecule has 0 aliphatic carbocycles. The van der Waals surface area contributed by atoms with Crippen molar-refractivity contribution in [1.29, 1.82) is 0 Å². The number of esters is 1. The first-order chi connectivity index (χ1) is 12.5. The monoisotopic (exact) mass is 416 g/mol. The molecule has 0 bridgehead atoms. The number of ether oxygens (including phenoxy) is 3. The summed E-state index contributed by atoms with van der Waals surface area (Å²) in [7, 11) is 0. The van der Waals surface area contributed by atoms with Crippen molar-refractivity contribution < 1.29 is 28.2 Å². The predicted molar refractivity (Wildman–Crippen MR) is 95.8 cm³/mol. The molecule has 0 amide bonds. The Morgan fingerprint density at radius 1 is 1.12 bits per heavy atom. The van der Waals surface area contributed by atoms with Crippen molar-refractivity contribution in [3.8, 4) is 11.5 Å². The van der Waals surface area contributed by atoms with Gasteiger partial charge in [-0.25, -0.2) is 4.79 Å². The van der Waals surface area contributed by atoms with Gasteiger partial charge in [-0.1, -0.05) is 15.9 Å². The van der Waals surface area contributed by atoms with Crippen molar-refractivity contribution >= 4 is 38.7 Å². The second-order valence-corrected chi connectivity index (χ2v) is 6.68. The fourth-order valence-corrected chi connectivity index (χ4v) is 3.10. The van der Waals surface area contributed by atoms with Crippen LogP contribution in [0, 0.1) is 6.92 Å². The molecule has 0 saturated carbocycles. The van der Waals surface area contributed by atoms with Gasteiger partial charge in [-0.3, -0.25) is 4.79 Å². The summed E-state index contributed by atoms with van der Waals surface area (Å²) in [6.07, 6.45) is 0. The second kappa shape index (κ2) is 6.49. The topological polar surface area (TPSA) is 75.0 Å². The van der Waals surface area contributed by atoms with Gasteiger partial charge >= 0.3 is 5.97 Å². The summed E-state index contributed by atoms with van der Waals surface area (Å²) in [6, 6.07) is 10.3. The van der Waals surface area contributed by atoms with E-state index in [2.05, 4.69) is 15.9 Å². The zero-order valence-electron chi connectivity index (χ0n) is 13.7. The van der Waals surface area contributed by atoms with Crippen LogP contribution in [0.1, 0.15) is 26.5 Å². The first-order valence-electron chi connectivity index (χ1n) is 7.81. The summed E-state index contributed by atoms with van der Waals surface area (Å²) in [5.41, 5.74) is 1.63. The van der Waals surface area contributed by atoms with E-state index in [1.807, 2.05) is 12.1 Å². The molecule has 4 rings (SSSR count). The van der Waals surface area contributed by atoms with Crippen LogP contribution in [0.15, 0.2) is 45.3 Å². The third-order valence-corrected chi connectivity index (χ3v) is 4.61. The van der Waals surface area contributed by atoms with Gasteiger partial charge in [-0.2, -0.15) is 0 Å². The van der Waals surface area contributed by atoms with Crippen LogP contribution < -0.4 is 9.47 Å². The highest BCUT2D eigenvalue weighted by Crippen LogP contribution is 2.33. The largest absolute Gasteiger partial charge is 0.454 e. The average molecular weight is 417 g/mol. The maximum Gasteiger partial charge on any atom is 0.375 e. The van der Waals surface area contributed by atoms with Crippen molar-refractivity contribution in [2.24, 2.45) is 0 Å². The molecular formula is C19H13BrO6. The summed E-state index contributed by atoms with van der Waals surface area (Å²) in [5.74, 6) is 0.164. The van der Waals surface area contributed by atoms with E-state index in [-0.39, 0.29) is 18.3 Å². The van der Waals surface area contributed by atoms with Gasteiger partial charge < -0.3 is 18.6 Å². The first kappa shape index (κ1) is 16.7. The van der Waals surface area contributed by atoms with E-state index in [1.54, 1.807) is 31.2 Å². The van der Waals surface area contributed by atoms with Crippen LogP contribution in [0.2, 0.25) is 0 Å². The molecule has 3 aromatic rings. The molecule has 26 heavy (non-hydrogen) atoms. The Hall–Kier alpha value is -2.80. The smallest absolute Gasteiger partial charge is 0.375 e. The molecule has 1 aliphatic heterocycles. The summed E-state index contributed by atoms with van der Waals surface area (Å²) in [5, 5.41) is 0.813. The Kier molecular flexibility index (Phi) is 4.16. The van der Waals surface area contributed by atoms with E-state index >= 15 is 0 Å². The Balaban J connectivity index is 1.48. The molecule has 2 heterocycles. The number of aryl methyl sites for hydroxylation is 1. The SMILES string of the molecule is Cc1c(C(=O)OCC(=O)c2ccc3c(c2)OCO3)oc2ccc(Br)cc12. The van der Waals surface area contributed by atoms with Crippen molar-refractivity contribution in [2.45, 2.75) is 6.92 Å². The minimum Gasteiger partial charge on any atom is -0.454 e. The van der Waals surface area contributed by atoms with Gasteiger partial charge in [-0.05, 0) is 43.3 Å². The first-order valence-corrected chi connectivity index (χ1v) is 8.61. The Morgan fingerprint density at radius 2 is 1.92 bits per heavy atom. The zero-order chi connectivity index (χ0) is 18.3. The summed E-state index contributed by atoms with van der Waals surface area (Å²) >= 11 is 3.39. The summed E-state index contributed by atoms with van der Waals surface area (Å²) in [4.78, 5) is 24.6. The number of carbonyl (C=O) groups excluding carboxylic acids is 2. The third kappa shape index (κ3) is 2.94. The van der Waals surface area contributed by atoms with E-state index in [0.29, 0.717) is 28.2 Å². The number of rotatable bonds is 4. The number of furan rings is 1. The fourth-order valence-electron chi connectivity index (χ4n) is 2.74. The lowest BCUT2D eigenvalue weighted by atomic mass is 10.1. The van der Waals surface area contributed by atoms with Gasteiger partial charge in [0.2, 0.25) is 12.6 Å². The van der Waals surface area contributed by atoms with Gasteiger partial charge in [-0.15, -0.1) is 0 Å². The normalized spacial score (nSPS) is 12.4. The van der Waals surface area contributed by atoms with Crippen LogP contribution in [-0.4, -0.2) is 25.2 Å². The van der Waals surface area contributed by atoms with E-state index in [4.69, 9.17) is 18.6 Å². The van der Waals surface area contributed by atoms with Crippen LogP contribution in [-0.2, 0) is 4.74 Å². The quantitative estimate of drug-likeness (QED) is 0.466. The molecule has 0 saturated heterocycles. The Bertz CT molecular complexity index is 1040. The van der Waals surface area contributed by atoms with E-state index in [0.717, 1.165) is 9.86 Å². The number of ketones is 1. The second-order valence-electron chi connectivity index (χ2n) is 5.76. The van der Waals surface area contributed by atoms with Gasteiger partial charge in [0, 0.05) is 21.0 Å². The van der Waals surface area contributed by atoms with Crippen LogP contribution in [0.25, 0.3) is 11.0 Å². The molecule has 1 aliphatic rings. The number of hydrogen-bond donors (Lipinski definition) is 0. The third-order valence-electron chi connectivity index (χ3n) is 4.11. The van der Waals surface area contributed by atoms with Gasteiger partial charge in [0.15, 0.2) is 23.9 Å². The van der Waals surface area contributed by atoms with Crippen molar-refractivity contribution in [2.75, 3.05) is 13.4 Å². The molecule has 2 aromatic carbocycles. The Morgan fingerprint density at radius 3 is 2.77 bits per heavy atom. The maximum absolute atomic E-state index is 12.3. The maximum atomic E-state index is 12.3. The van der Waals surface area contributed by atoms with Crippen LogP contribution >= 0.6 is 15.9 Å². The number of hydrogen-bond acceptors (Lipinski definition) is 6. The standard InChI is InChI=1S/C19H13BrO6/c1-10-13-7-12(20)3-5-15(13)26-18(10)19(22)23-8-14(21)11-2-4-16-17(6-11)25-9-24-16/h2-7H,8-9H2,1H3. The van der Waals surface area contributed by atoms with Crippen molar-refractivity contribution in [1.82, 2.24) is 0 Å². The zero-order valence-corrected chi connectivity index (χ0v) is 15.3. The molecule has 0 N–H and O–H groups in total. The molecule has 0 unspecified atom stereocenters. The van der Waals surface area contributed by atoms with Crippen molar-refractivity contribution in [3.63, 3.8) is 0 Å². The molecule has 0 radical (unpaired) electrons. The number of fused-ring (bicyclic) bond motifs is 2. The number of benzene rings is 2. The summed E-state index contributed by atoms with van der Waals surface area (Å²) in [6.45, 7) is 1.51. The van der Waals surface area contributed by atoms with Crippen LogP contribution in [0.4, 0.5) is 0 Å². The van der Waals surface area contributed by atoms with Gasteiger partial charge in [0.05, 0.1) is 0 Å². The minimum absolute atomic E-state index is 0.0941. The van der Waals surface area contributed by atoms with Crippen molar-refractivity contribution in [3.05, 3.63) is 57.8 Å². The number of carbonyl (C=O) groups is 2. The fraction of sp³-hybridized carbons (Fsp3) is 0.158.